The minimum atomic E-state index is -0.762. The van der Waals surface area contributed by atoms with Crippen LogP contribution in [0.3, 0.4) is 0 Å². The van der Waals surface area contributed by atoms with Gasteiger partial charge in [-0.25, -0.2) is 14.4 Å². The standard InChI is InChI=1S/C28H26FN5OS2/c1-18-12-33(16-31-18)24-7-4-20(25-26(24)36-17-32-25)10-21-11-28(14-37(35)15-28)13-34-23(8-9-30-27(21)34)19-2-5-22(29)6-3-19/h2-7,10,12,16-17,23H,8-9,11,13-15H2,1H3/b21-10+. The van der Waals surface area contributed by atoms with Crippen LogP contribution in [0.15, 0.2) is 65.0 Å². The van der Waals surface area contributed by atoms with Crippen LogP contribution in [-0.4, -0.2) is 54.1 Å². The highest BCUT2D eigenvalue weighted by Gasteiger charge is 2.50. The van der Waals surface area contributed by atoms with Gasteiger partial charge in [0.05, 0.1) is 39.5 Å². The summed E-state index contributed by atoms with van der Waals surface area (Å²) in [6.07, 6.45) is 7.85. The number of amidine groups is 1. The number of hydrogen-bond donors (Lipinski definition) is 0. The largest absolute Gasteiger partial charge is 0.349 e. The van der Waals surface area contributed by atoms with Crippen molar-refractivity contribution in [3.63, 3.8) is 0 Å². The highest BCUT2D eigenvalue weighted by molar-refractivity contribution is 7.86. The van der Waals surface area contributed by atoms with Gasteiger partial charge in [-0.1, -0.05) is 18.2 Å². The molecule has 0 amide bonds. The Bertz CT molecular complexity index is 1590. The number of thiazole rings is 1. The normalized spacial score (nSPS) is 26.4. The maximum atomic E-state index is 13.7. The lowest BCUT2D eigenvalue weighted by Crippen LogP contribution is -2.59. The first-order valence-electron chi connectivity index (χ1n) is 12.5. The lowest BCUT2D eigenvalue weighted by atomic mass is 9.77. The fourth-order valence-electron chi connectivity index (χ4n) is 6.06. The van der Waals surface area contributed by atoms with Crippen LogP contribution in [0.2, 0.25) is 0 Å². The van der Waals surface area contributed by atoms with Gasteiger partial charge in [0.2, 0.25) is 0 Å². The van der Waals surface area contributed by atoms with Crippen LogP contribution in [0.4, 0.5) is 4.39 Å². The summed E-state index contributed by atoms with van der Waals surface area (Å²) in [7, 11) is -0.762. The van der Waals surface area contributed by atoms with Gasteiger partial charge in [0.15, 0.2) is 0 Å². The second kappa shape index (κ2) is 8.70. The lowest BCUT2D eigenvalue weighted by molar-refractivity contribution is 0.171. The zero-order valence-electron chi connectivity index (χ0n) is 20.4. The van der Waals surface area contributed by atoms with E-state index < -0.39 is 10.8 Å². The Morgan fingerprint density at radius 1 is 1.16 bits per heavy atom. The second-order valence-corrected chi connectivity index (χ2v) is 12.7. The number of imidazole rings is 1. The molecule has 188 valence electrons. The first kappa shape index (κ1) is 23.0. The van der Waals surface area contributed by atoms with Gasteiger partial charge in [-0.3, -0.25) is 9.20 Å². The smallest absolute Gasteiger partial charge is 0.127 e. The van der Waals surface area contributed by atoms with Crippen LogP contribution in [0, 0.1) is 18.2 Å². The first-order valence-corrected chi connectivity index (χ1v) is 14.8. The van der Waals surface area contributed by atoms with E-state index in [1.807, 2.05) is 41.7 Å². The number of hydrogen-bond acceptors (Lipinski definition) is 6. The van der Waals surface area contributed by atoms with Gasteiger partial charge < -0.3 is 9.47 Å². The Balaban J connectivity index is 1.31. The first-order chi connectivity index (χ1) is 18.0. The Morgan fingerprint density at radius 2 is 2.00 bits per heavy atom. The Labute approximate surface area is 221 Å². The van der Waals surface area contributed by atoms with E-state index in [0.717, 1.165) is 76.0 Å². The summed E-state index contributed by atoms with van der Waals surface area (Å²) >= 11 is 1.63. The summed E-state index contributed by atoms with van der Waals surface area (Å²) < 4.78 is 29.1. The third kappa shape index (κ3) is 3.95. The SMILES string of the molecule is Cc1cn(-c2ccc(/C=C3\CC4(CN5C3=NCCC5c3ccc(F)cc3)CS(=O)C4)c3ncsc23)cn1. The topological polar surface area (TPSA) is 63.4 Å². The molecule has 0 aliphatic carbocycles. The van der Waals surface area contributed by atoms with Crippen molar-refractivity contribution in [2.24, 2.45) is 10.4 Å². The summed E-state index contributed by atoms with van der Waals surface area (Å²) in [5.41, 5.74) is 8.24. The zero-order valence-corrected chi connectivity index (χ0v) is 22.1. The Kier molecular flexibility index (Phi) is 5.40. The van der Waals surface area contributed by atoms with Crippen LogP contribution in [0.1, 0.15) is 35.7 Å². The fraction of sp³-hybridized carbons (Fsp3) is 0.321. The highest BCUT2D eigenvalue weighted by atomic mass is 32.2. The molecule has 6 nitrogen and oxygen atoms in total. The van der Waals surface area contributed by atoms with Gasteiger partial charge in [0.1, 0.15) is 11.7 Å². The van der Waals surface area contributed by atoms with Crippen molar-refractivity contribution in [1.29, 1.82) is 0 Å². The molecule has 4 aromatic rings. The number of aliphatic imine (C=N–C) groups is 1. The number of rotatable bonds is 3. The number of fused-ring (bicyclic) bond motifs is 2. The fourth-order valence-corrected chi connectivity index (χ4v) is 8.57. The van der Waals surface area contributed by atoms with E-state index >= 15 is 0 Å². The van der Waals surface area contributed by atoms with Crippen molar-refractivity contribution in [3.05, 3.63) is 82.6 Å². The molecule has 0 N–H and O–H groups in total. The van der Waals surface area contributed by atoms with E-state index in [1.54, 1.807) is 11.3 Å². The average Bonchev–Trinajstić information content (AvgIpc) is 3.53. The van der Waals surface area contributed by atoms with Crippen LogP contribution < -0.4 is 0 Å². The third-order valence-electron chi connectivity index (χ3n) is 7.67. The monoisotopic (exact) mass is 531 g/mol. The average molecular weight is 532 g/mol. The van der Waals surface area contributed by atoms with Crippen LogP contribution in [-0.2, 0) is 10.8 Å². The second-order valence-electron chi connectivity index (χ2n) is 10.4. The van der Waals surface area contributed by atoms with Crippen LogP contribution in [0.5, 0.6) is 0 Å². The number of halogens is 1. The predicted molar refractivity (Wildman–Crippen MR) is 147 cm³/mol. The molecule has 0 radical (unpaired) electrons. The molecule has 0 bridgehead atoms. The van der Waals surface area contributed by atoms with Crippen molar-refractivity contribution >= 4 is 44.3 Å². The molecule has 2 saturated heterocycles. The van der Waals surface area contributed by atoms with Gasteiger partial charge >= 0.3 is 0 Å². The van der Waals surface area contributed by atoms with Crippen molar-refractivity contribution in [2.45, 2.75) is 25.8 Å². The van der Waals surface area contributed by atoms with E-state index in [-0.39, 0.29) is 17.3 Å². The molecular formula is C28H26FN5OS2. The molecule has 7 rings (SSSR count). The number of benzene rings is 2. The quantitative estimate of drug-likeness (QED) is 0.359. The third-order valence-corrected chi connectivity index (χ3v) is 10.4. The Morgan fingerprint density at radius 3 is 2.76 bits per heavy atom. The van der Waals surface area contributed by atoms with E-state index in [9.17, 15) is 8.60 Å². The summed E-state index contributed by atoms with van der Waals surface area (Å²) in [5.74, 6) is 2.23. The van der Waals surface area contributed by atoms with Crippen LogP contribution in [0.25, 0.3) is 22.0 Å². The predicted octanol–water partition coefficient (Wildman–Crippen LogP) is 5.31. The minimum Gasteiger partial charge on any atom is -0.349 e. The van der Waals surface area contributed by atoms with Crippen molar-refractivity contribution in [1.82, 2.24) is 19.4 Å². The molecule has 3 aliphatic rings. The van der Waals surface area contributed by atoms with Crippen molar-refractivity contribution < 1.29 is 8.60 Å². The molecular weight excluding hydrogens is 505 g/mol. The molecule has 5 heterocycles. The molecule has 1 unspecified atom stereocenters. The minimum absolute atomic E-state index is 0.0131. The van der Waals surface area contributed by atoms with E-state index in [2.05, 4.69) is 28.1 Å². The van der Waals surface area contributed by atoms with E-state index in [4.69, 9.17) is 9.98 Å². The molecule has 2 aromatic carbocycles. The number of aryl methyl sites for hydroxylation is 1. The number of piperidine rings is 1. The molecule has 37 heavy (non-hydrogen) atoms. The molecule has 2 fully saturated rings. The lowest BCUT2D eigenvalue weighted by Gasteiger charge is -2.53. The van der Waals surface area contributed by atoms with E-state index in [1.165, 1.54) is 17.7 Å². The van der Waals surface area contributed by atoms with E-state index in [0.29, 0.717) is 0 Å². The molecule has 1 atom stereocenters. The van der Waals surface area contributed by atoms with Gasteiger partial charge in [-0.15, -0.1) is 11.3 Å². The van der Waals surface area contributed by atoms with Crippen LogP contribution >= 0.6 is 11.3 Å². The number of aromatic nitrogens is 3. The molecule has 3 aliphatic heterocycles. The highest BCUT2D eigenvalue weighted by Crippen LogP contribution is 2.46. The summed E-state index contributed by atoms with van der Waals surface area (Å²) in [6, 6.07) is 11.3. The van der Waals surface area contributed by atoms with Crippen molar-refractivity contribution in [2.75, 3.05) is 24.6 Å². The molecule has 9 heteroatoms. The Hall–Kier alpha value is -3.17. The summed E-state index contributed by atoms with van der Waals surface area (Å²) in [5, 5.41) is 0. The summed E-state index contributed by atoms with van der Waals surface area (Å²) in [4.78, 5) is 16.5. The van der Waals surface area contributed by atoms with Crippen molar-refractivity contribution in [3.8, 4) is 5.69 Å². The maximum Gasteiger partial charge on any atom is 0.127 e. The van der Waals surface area contributed by atoms with Gasteiger partial charge in [0.25, 0.3) is 0 Å². The number of nitrogens with zero attached hydrogens (tertiary/aromatic N) is 5. The zero-order chi connectivity index (χ0) is 25.1. The maximum absolute atomic E-state index is 13.7. The molecule has 0 saturated carbocycles. The van der Waals surface area contributed by atoms with Gasteiger partial charge in [-0.2, -0.15) is 0 Å². The van der Waals surface area contributed by atoms with Gasteiger partial charge in [-0.05, 0) is 55.2 Å². The molecule has 1 spiro atoms. The summed E-state index contributed by atoms with van der Waals surface area (Å²) in [6.45, 7) is 3.55. The van der Waals surface area contributed by atoms with Gasteiger partial charge in [0, 0.05) is 52.6 Å². The molecule has 2 aromatic heterocycles.